The van der Waals surface area contributed by atoms with Gasteiger partial charge in [0.25, 0.3) is 5.91 Å². The highest BCUT2D eigenvalue weighted by Gasteiger charge is 2.62. The van der Waals surface area contributed by atoms with Gasteiger partial charge in [-0.2, -0.15) is 0 Å². The van der Waals surface area contributed by atoms with E-state index in [2.05, 4.69) is 10.6 Å². The van der Waals surface area contributed by atoms with Crippen LogP contribution < -0.4 is 10.6 Å². The van der Waals surface area contributed by atoms with Crippen LogP contribution in [0.15, 0.2) is 24.3 Å². The molecule has 3 saturated heterocycles. The van der Waals surface area contributed by atoms with Crippen molar-refractivity contribution >= 4 is 17.5 Å². The largest absolute Gasteiger partial charge is 0.342 e. The van der Waals surface area contributed by atoms with Crippen LogP contribution in [0.2, 0.25) is 0 Å². The lowest BCUT2D eigenvalue weighted by Gasteiger charge is -2.36. The Hall–Kier alpha value is -2.04. The molecule has 3 aliphatic heterocycles. The molecule has 6 atom stereocenters. The maximum absolute atomic E-state index is 13.1. The number of anilines is 1. The summed E-state index contributed by atoms with van der Waals surface area (Å²) in [6.07, 6.45) is -3.54. The van der Waals surface area contributed by atoms with E-state index < -0.39 is 54.2 Å². The molecule has 1 aromatic rings. The maximum Gasteiger partial charge on any atom is 0.252 e. The van der Waals surface area contributed by atoms with Crippen molar-refractivity contribution < 1.29 is 33.3 Å². The Bertz CT molecular complexity index is 854. The van der Waals surface area contributed by atoms with Crippen molar-refractivity contribution in [3.8, 4) is 0 Å². The Balaban J connectivity index is 1.44. The molecule has 3 heterocycles. The van der Waals surface area contributed by atoms with Crippen molar-refractivity contribution in [2.24, 2.45) is 0 Å². The molecular formula is C22H30N2O7. The monoisotopic (exact) mass is 434 g/mol. The second kappa shape index (κ2) is 7.83. The first-order valence-electron chi connectivity index (χ1n) is 10.5. The Labute approximate surface area is 181 Å². The molecule has 0 aliphatic carbocycles. The topological polar surface area (TPSA) is 104 Å². The minimum absolute atomic E-state index is 0.340. The molecule has 9 heteroatoms. The number of fused-ring (bicyclic) bond motifs is 3. The van der Waals surface area contributed by atoms with Gasteiger partial charge in [-0.05, 0) is 53.7 Å². The number of ether oxygens (including phenoxy) is 5. The lowest BCUT2D eigenvalue weighted by Crippen LogP contribution is -2.60. The van der Waals surface area contributed by atoms with E-state index in [1.165, 1.54) is 0 Å². The van der Waals surface area contributed by atoms with E-state index in [1.807, 2.05) is 31.2 Å². The zero-order chi connectivity index (χ0) is 22.6. The number of aryl methyl sites for hydroxylation is 1. The van der Waals surface area contributed by atoms with E-state index in [-0.39, 0.29) is 5.91 Å². The molecule has 2 amide bonds. The Morgan fingerprint density at radius 2 is 1.48 bits per heavy atom. The minimum Gasteiger partial charge on any atom is -0.342 e. The van der Waals surface area contributed by atoms with Crippen LogP contribution in [0.3, 0.4) is 0 Å². The van der Waals surface area contributed by atoms with Crippen molar-refractivity contribution in [2.45, 2.75) is 89.9 Å². The maximum atomic E-state index is 13.1. The quantitative estimate of drug-likeness (QED) is 0.745. The molecular weight excluding hydrogens is 404 g/mol. The molecule has 31 heavy (non-hydrogen) atoms. The summed E-state index contributed by atoms with van der Waals surface area (Å²) in [6.45, 7) is 10.7. The van der Waals surface area contributed by atoms with E-state index in [0.29, 0.717) is 5.69 Å². The number of hydrogen-bond donors (Lipinski definition) is 2. The first-order valence-corrected chi connectivity index (χ1v) is 10.5. The normalized spacial score (nSPS) is 33.8. The molecule has 1 aromatic carbocycles. The number of nitrogens with one attached hydrogen (secondary N) is 2. The molecule has 0 saturated carbocycles. The average molecular weight is 434 g/mol. The molecule has 0 spiro atoms. The third kappa shape index (κ3) is 4.61. The number of rotatable bonds is 4. The van der Waals surface area contributed by atoms with E-state index in [1.54, 1.807) is 34.6 Å². The summed E-state index contributed by atoms with van der Waals surface area (Å²) in [6, 6.07) is 6.62. The van der Waals surface area contributed by atoms with Gasteiger partial charge < -0.3 is 34.3 Å². The molecule has 0 radical (unpaired) electrons. The fraction of sp³-hybridized carbons (Fsp3) is 0.636. The second-order valence-electron chi connectivity index (χ2n) is 9.18. The minimum atomic E-state index is -1.01. The van der Waals surface area contributed by atoms with Gasteiger partial charge in [0.2, 0.25) is 5.91 Å². The number of carbonyl (C=O) groups is 2. The van der Waals surface area contributed by atoms with Crippen LogP contribution in [-0.2, 0) is 33.3 Å². The summed E-state index contributed by atoms with van der Waals surface area (Å²) in [5.41, 5.74) is 1.74. The van der Waals surface area contributed by atoms with Crippen LogP contribution in [0.1, 0.15) is 40.2 Å². The zero-order valence-corrected chi connectivity index (χ0v) is 18.6. The van der Waals surface area contributed by atoms with Crippen molar-refractivity contribution in [3.05, 3.63) is 29.8 Å². The fourth-order valence-corrected chi connectivity index (χ4v) is 4.07. The van der Waals surface area contributed by atoms with Crippen LogP contribution in [0.25, 0.3) is 0 Å². The SMILES string of the molecule is Cc1ccc(NC(=O)[C@H](C)NC(=O)[C@@H]2O[C@@H]3OC(C)(C)O[C@H]3[C@H]3OC(C)(C)O[C@@H]32)cc1. The second-order valence-corrected chi connectivity index (χ2v) is 9.18. The number of amides is 2. The van der Waals surface area contributed by atoms with Gasteiger partial charge in [0, 0.05) is 5.69 Å². The third-order valence-corrected chi connectivity index (χ3v) is 5.48. The molecule has 3 fully saturated rings. The number of hydrogen-bond acceptors (Lipinski definition) is 7. The predicted octanol–water partition coefficient (Wildman–Crippen LogP) is 1.83. The summed E-state index contributed by atoms with van der Waals surface area (Å²) < 4.78 is 29.7. The van der Waals surface area contributed by atoms with E-state index in [0.717, 1.165) is 5.56 Å². The summed E-state index contributed by atoms with van der Waals surface area (Å²) >= 11 is 0. The predicted molar refractivity (Wildman–Crippen MR) is 110 cm³/mol. The van der Waals surface area contributed by atoms with E-state index in [4.69, 9.17) is 23.7 Å². The van der Waals surface area contributed by atoms with Gasteiger partial charge in [-0.25, -0.2) is 0 Å². The van der Waals surface area contributed by atoms with Gasteiger partial charge in [-0.3, -0.25) is 9.59 Å². The molecule has 170 valence electrons. The van der Waals surface area contributed by atoms with Gasteiger partial charge >= 0.3 is 0 Å². The standard InChI is InChI=1S/C22H30N2O7/c1-11-7-9-13(10-8-11)24-18(25)12(2)23-19(26)16-14-15(29-21(3,4)28-14)17-20(27-16)31-22(5,6)30-17/h7-10,12,14-17,20H,1-6H3,(H,23,26)(H,24,25)/t12-,14-,15-,16+,17-,20+/m0/s1. The van der Waals surface area contributed by atoms with E-state index >= 15 is 0 Å². The smallest absolute Gasteiger partial charge is 0.252 e. The molecule has 0 aromatic heterocycles. The van der Waals surface area contributed by atoms with Crippen molar-refractivity contribution in [1.82, 2.24) is 5.32 Å². The lowest BCUT2D eigenvalue weighted by atomic mass is 9.98. The highest BCUT2D eigenvalue weighted by atomic mass is 16.9. The first-order chi connectivity index (χ1) is 14.4. The van der Waals surface area contributed by atoms with Crippen LogP contribution >= 0.6 is 0 Å². The Morgan fingerprint density at radius 1 is 0.903 bits per heavy atom. The van der Waals surface area contributed by atoms with Gasteiger partial charge in [0.05, 0.1) is 0 Å². The van der Waals surface area contributed by atoms with Crippen LogP contribution in [-0.4, -0.2) is 60.1 Å². The van der Waals surface area contributed by atoms with Crippen molar-refractivity contribution in [3.63, 3.8) is 0 Å². The van der Waals surface area contributed by atoms with Crippen LogP contribution in [0, 0.1) is 6.92 Å². The van der Waals surface area contributed by atoms with Crippen molar-refractivity contribution in [2.75, 3.05) is 5.32 Å². The Kier molecular flexibility index (Phi) is 5.60. The summed E-state index contributed by atoms with van der Waals surface area (Å²) in [5, 5.41) is 5.50. The summed E-state index contributed by atoms with van der Waals surface area (Å²) in [5.74, 6) is -2.60. The fourth-order valence-electron chi connectivity index (χ4n) is 4.07. The first kappa shape index (κ1) is 22.2. The number of carbonyl (C=O) groups excluding carboxylic acids is 2. The number of benzene rings is 1. The molecule has 2 N–H and O–H groups in total. The van der Waals surface area contributed by atoms with Gasteiger partial charge in [-0.1, -0.05) is 17.7 Å². The lowest BCUT2D eigenvalue weighted by molar-refractivity contribution is -0.231. The highest BCUT2D eigenvalue weighted by Crippen LogP contribution is 2.44. The average Bonchev–Trinajstić information content (AvgIpc) is 3.16. The zero-order valence-electron chi connectivity index (χ0n) is 18.6. The summed E-state index contributed by atoms with van der Waals surface area (Å²) in [7, 11) is 0. The van der Waals surface area contributed by atoms with Gasteiger partial charge in [-0.15, -0.1) is 0 Å². The van der Waals surface area contributed by atoms with E-state index in [9.17, 15) is 9.59 Å². The van der Waals surface area contributed by atoms with Crippen LogP contribution in [0.4, 0.5) is 5.69 Å². The molecule has 0 bridgehead atoms. The third-order valence-electron chi connectivity index (χ3n) is 5.48. The molecule has 4 rings (SSSR count). The highest BCUT2D eigenvalue weighted by molar-refractivity contribution is 5.97. The molecule has 0 unspecified atom stereocenters. The molecule has 9 nitrogen and oxygen atoms in total. The molecule has 3 aliphatic rings. The van der Waals surface area contributed by atoms with Crippen molar-refractivity contribution in [1.29, 1.82) is 0 Å². The van der Waals surface area contributed by atoms with Crippen LogP contribution in [0.5, 0.6) is 0 Å². The van der Waals surface area contributed by atoms with Gasteiger partial charge in [0.1, 0.15) is 24.4 Å². The van der Waals surface area contributed by atoms with Gasteiger partial charge in [0.15, 0.2) is 24.0 Å². The Morgan fingerprint density at radius 3 is 2.16 bits per heavy atom. The summed E-state index contributed by atoms with van der Waals surface area (Å²) in [4.78, 5) is 25.6.